The maximum atomic E-state index is 12.2. The summed E-state index contributed by atoms with van der Waals surface area (Å²) in [7, 11) is -0.947. The minimum atomic E-state index is -0.947. The van der Waals surface area contributed by atoms with Gasteiger partial charge in [0.25, 0.3) is 0 Å². The van der Waals surface area contributed by atoms with Crippen LogP contribution in [0.4, 0.5) is 0 Å². The van der Waals surface area contributed by atoms with Gasteiger partial charge in [0.2, 0.25) is 0 Å². The Morgan fingerprint density at radius 3 is 2.90 bits per heavy atom. The van der Waals surface area contributed by atoms with Gasteiger partial charge in [-0.05, 0) is 25.5 Å². The van der Waals surface area contributed by atoms with E-state index in [2.05, 4.69) is 9.97 Å². The summed E-state index contributed by atoms with van der Waals surface area (Å²) >= 11 is 1.60. The number of hydrogen-bond donors (Lipinski definition) is 0. The first-order valence-corrected chi connectivity index (χ1v) is 8.62. The minimum absolute atomic E-state index is 0.484. The predicted molar refractivity (Wildman–Crippen MR) is 82.3 cm³/mol. The molecule has 0 fully saturated rings. The molecule has 0 aliphatic heterocycles. The van der Waals surface area contributed by atoms with Gasteiger partial charge in [0.1, 0.15) is 5.65 Å². The van der Waals surface area contributed by atoms with Crippen molar-refractivity contribution in [2.75, 3.05) is 0 Å². The smallest absolute Gasteiger partial charge is 0.139 e. The first-order valence-electron chi connectivity index (χ1n) is 6.31. The lowest BCUT2D eigenvalue weighted by Gasteiger charge is -1.96. The summed E-state index contributed by atoms with van der Waals surface area (Å²) in [5.74, 6) is 1.04. The van der Waals surface area contributed by atoms with Crippen LogP contribution in [0.3, 0.4) is 0 Å². The van der Waals surface area contributed by atoms with Crippen LogP contribution in [0.15, 0.2) is 30.7 Å². The Morgan fingerprint density at radius 1 is 1.35 bits per heavy atom. The average molecular weight is 305 g/mol. The van der Waals surface area contributed by atoms with Crippen molar-refractivity contribution in [2.24, 2.45) is 0 Å². The second-order valence-electron chi connectivity index (χ2n) is 4.73. The molecule has 0 aliphatic rings. The van der Waals surface area contributed by atoms with E-state index in [9.17, 15) is 4.21 Å². The number of nitrogens with zero attached hydrogens (tertiary/aromatic N) is 3. The molecule has 0 unspecified atom stereocenters. The van der Waals surface area contributed by atoms with Crippen molar-refractivity contribution in [1.82, 2.24) is 14.4 Å². The van der Waals surface area contributed by atoms with E-state index < -0.39 is 10.8 Å². The molecule has 4 nitrogen and oxygen atoms in total. The van der Waals surface area contributed by atoms with Crippen molar-refractivity contribution >= 4 is 27.8 Å². The lowest BCUT2D eigenvalue weighted by molar-refractivity contribution is 0.682. The summed E-state index contributed by atoms with van der Waals surface area (Å²) in [4.78, 5) is 9.81. The van der Waals surface area contributed by atoms with Crippen LogP contribution in [0.25, 0.3) is 5.65 Å². The van der Waals surface area contributed by atoms with Crippen LogP contribution in [0.5, 0.6) is 0 Å². The molecule has 0 radical (unpaired) electrons. The van der Waals surface area contributed by atoms with Gasteiger partial charge in [0.15, 0.2) is 0 Å². The fourth-order valence-corrected chi connectivity index (χ4v) is 4.30. The van der Waals surface area contributed by atoms with E-state index in [1.54, 1.807) is 11.3 Å². The van der Waals surface area contributed by atoms with E-state index in [0.29, 0.717) is 11.5 Å². The van der Waals surface area contributed by atoms with Gasteiger partial charge >= 0.3 is 0 Å². The lowest BCUT2D eigenvalue weighted by atomic mass is 10.3. The molecule has 0 spiro atoms. The third-order valence-corrected chi connectivity index (χ3v) is 5.36. The number of aryl methyl sites for hydroxylation is 2. The van der Waals surface area contributed by atoms with E-state index in [1.807, 2.05) is 49.0 Å². The number of imidazole rings is 1. The van der Waals surface area contributed by atoms with Gasteiger partial charge in [-0.2, -0.15) is 0 Å². The van der Waals surface area contributed by atoms with Gasteiger partial charge < -0.3 is 4.40 Å². The maximum absolute atomic E-state index is 12.2. The van der Waals surface area contributed by atoms with Crippen molar-refractivity contribution in [3.05, 3.63) is 51.9 Å². The van der Waals surface area contributed by atoms with E-state index in [0.717, 1.165) is 26.8 Å². The lowest BCUT2D eigenvalue weighted by Crippen LogP contribution is -1.98. The Labute approximate surface area is 124 Å². The molecule has 3 aromatic rings. The summed E-state index contributed by atoms with van der Waals surface area (Å²) in [6.07, 6.45) is 5.73. The van der Waals surface area contributed by atoms with Crippen LogP contribution in [0.1, 0.15) is 21.1 Å². The molecule has 0 aliphatic carbocycles. The van der Waals surface area contributed by atoms with Crippen LogP contribution in [-0.4, -0.2) is 18.6 Å². The van der Waals surface area contributed by atoms with E-state index in [1.165, 1.54) is 0 Å². The van der Waals surface area contributed by atoms with Crippen molar-refractivity contribution in [2.45, 2.75) is 25.4 Å². The van der Waals surface area contributed by atoms with Crippen molar-refractivity contribution < 1.29 is 4.21 Å². The van der Waals surface area contributed by atoms with Gasteiger partial charge in [-0.25, -0.2) is 9.97 Å². The third-order valence-electron chi connectivity index (χ3n) is 3.01. The molecule has 1 atom stereocenters. The summed E-state index contributed by atoms with van der Waals surface area (Å²) in [5.41, 5.74) is 2.94. The van der Waals surface area contributed by atoms with Gasteiger partial charge in [0, 0.05) is 34.3 Å². The maximum Gasteiger partial charge on any atom is 0.139 e. The first kappa shape index (κ1) is 13.5. The molecule has 3 heterocycles. The van der Waals surface area contributed by atoms with Gasteiger partial charge in [0.05, 0.1) is 22.2 Å². The summed E-state index contributed by atoms with van der Waals surface area (Å²) < 4.78 is 14.2. The van der Waals surface area contributed by atoms with Crippen LogP contribution >= 0.6 is 11.3 Å². The quantitative estimate of drug-likeness (QED) is 0.744. The highest BCUT2D eigenvalue weighted by Crippen LogP contribution is 2.16. The van der Waals surface area contributed by atoms with Crippen LogP contribution in [0.2, 0.25) is 0 Å². The van der Waals surface area contributed by atoms with Crippen LogP contribution < -0.4 is 0 Å². The Hall–Kier alpha value is -1.53. The highest BCUT2D eigenvalue weighted by atomic mass is 32.2. The van der Waals surface area contributed by atoms with E-state index >= 15 is 0 Å². The zero-order valence-electron chi connectivity index (χ0n) is 11.4. The normalized spacial score (nSPS) is 12.9. The Bertz CT molecular complexity index is 776. The molecule has 0 saturated carbocycles. The molecule has 0 N–H and O–H groups in total. The molecule has 6 heteroatoms. The highest BCUT2D eigenvalue weighted by molar-refractivity contribution is 7.83. The standard InChI is InChI=1S/C14H15N3OS2/c1-10-4-3-5-17-7-12(16-14(10)17)8-20(18)9-13-6-15-11(2)19-13/h3-7H,8-9H2,1-2H3/t20-/m0/s1. The van der Waals surface area contributed by atoms with Crippen molar-refractivity contribution in [1.29, 1.82) is 0 Å². The SMILES string of the molecule is Cc1ncc(C[S@@](=O)Cc2cn3cccc(C)c3n2)s1. The molecule has 104 valence electrons. The van der Waals surface area contributed by atoms with Crippen molar-refractivity contribution in [3.8, 4) is 0 Å². The molecular formula is C14H15N3OS2. The van der Waals surface area contributed by atoms with Gasteiger partial charge in [-0.3, -0.25) is 4.21 Å². The molecule has 0 bridgehead atoms. The third kappa shape index (κ3) is 2.81. The zero-order chi connectivity index (χ0) is 14.1. The summed E-state index contributed by atoms with van der Waals surface area (Å²) in [6, 6.07) is 4.02. The van der Waals surface area contributed by atoms with Gasteiger partial charge in [-0.1, -0.05) is 6.07 Å². The predicted octanol–water partition coefficient (Wildman–Crippen LogP) is 2.86. The first-order chi connectivity index (χ1) is 9.61. The fraction of sp³-hybridized carbons (Fsp3) is 0.286. The molecule has 0 aromatic carbocycles. The number of rotatable bonds is 4. The minimum Gasteiger partial charge on any atom is -0.307 e. The largest absolute Gasteiger partial charge is 0.307 e. The Morgan fingerprint density at radius 2 is 2.20 bits per heavy atom. The van der Waals surface area contributed by atoms with Crippen molar-refractivity contribution in [3.63, 3.8) is 0 Å². The van der Waals surface area contributed by atoms with E-state index in [4.69, 9.17) is 0 Å². The average Bonchev–Trinajstić information content (AvgIpc) is 2.96. The topological polar surface area (TPSA) is 47.3 Å². The molecule has 3 rings (SSSR count). The molecule has 20 heavy (non-hydrogen) atoms. The Balaban J connectivity index is 1.75. The summed E-state index contributed by atoms with van der Waals surface area (Å²) in [5, 5.41) is 1.01. The van der Waals surface area contributed by atoms with Crippen LogP contribution in [-0.2, 0) is 22.3 Å². The number of fused-ring (bicyclic) bond motifs is 1. The number of hydrogen-bond acceptors (Lipinski definition) is 4. The number of aromatic nitrogens is 3. The molecule has 3 aromatic heterocycles. The van der Waals surface area contributed by atoms with E-state index in [-0.39, 0.29) is 0 Å². The fourth-order valence-electron chi connectivity index (χ4n) is 2.12. The molecular weight excluding hydrogens is 290 g/mol. The number of pyridine rings is 1. The molecule has 0 amide bonds. The monoisotopic (exact) mass is 305 g/mol. The molecule has 0 saturated heterocycles. The number of thiazole rings is 1. The Kier molecular flexibility index (Phi) is 3.67. The second kappa shape index (κ2) is 5.46. The van der Waals surface area contributed by atoms with Gasteiger partial charge in [-0.15, -0.1) is 11.3 Å². The second-order valence-corrected chi connectivity index (χ2v) is 7.50. The zero-order valence-corrected chi connectivity index (χ0v) is 13.0. The summed E-state index contributed by atoms with van der Waals surface area (Å²) in [6.45, 7) is 3.99. The van der Waals surface area contributed by atoms with Crippen LogP contribution in [0, 0.1) is 13.8 Å². The highest BCUT2D eigenvalue weighted by Gasteiger charge is 2.09.